The standard InChI is InChI=1S/C55H33N3S2/c1-2-10-34(11-3-1)55-56-47-14-6-7-15-50(47)58(55)40-24-22-39(23-25-40)57-48-26-18-35(37-20-28-53-45(32-37)41-12-4-8-16-51(41)59-53)30-43(48)44-31-36(19-27-49(44)57)38-21-29-54-46(33-38)42-13-5-9-17-52(42)60-54/h1-33H. The molecule has 0 unspecified atom stereocenters. The number of hydrogen-bond donors (Lipinski definition) is 0. The van der Waals surface area contributed by atoms with Gasteiger partial charge in [-0.3, -0.25) is 4.57 Å². The molecular weight excluding hydrogens is 767 g/mol. The van der Waals surface area contributed by atoms with Gasteiger partial charge in [0, 0.05) is 68.1 Å². The third-order valence-corrected chi connectivity index (χ3v) is 14.4. The van der Waals surface area contributed by atoms with Gasteiger partial charge >= 0.3 is 0 Å². The lowest BCUT2D eigenvalue weighted by atomic mass is 9.98. The van der Waals surface area contributed by atoms with E-state index in [1.54, 1.807) is 0 Å². The highest BCUT2D eigenvalue weighted by Crippen LogP contribution is 2.42. The van der Waals surface area contributed by atoms with E-state index in [2.05, 4.69) is 209 Å². The van der Waals surface area contributed by atoms with E-state index in [1.807, 2.05) is 22.7 Å². The van der Waals surface area contributed by atoms with Crippen molar-refractivity contribution < 1.29 is 0 Å². The summed E-state index contributed by atoms with van der Waals surface area (Å²) >= 11 is 3.73. The molecule has 0 aliphatic carbocycles. The Labute approximate surface area is 353 Å². The zero-order chi connectivity index (χ0) is 39.3. The van der Waals surface area contributed by atoms with Crippen LogP contribution in [0.15, 0.2) is 200 Å². The molecule has 0 spiro atoms. The molecule has 13 aromatic rings. The summed E-state index contributed by atoms with van der Waals surface area (Å²) in [6.45, 7) is 0. The molecule has 13 rings (SSSR count). The first-order valence-electron chi connectivity index (χ1n) is 20.3. The van der Waals surface area contributed by atoms with Crippen LogP contribution in [0.3, 0.4) is 0 Å². The molecule has 0 saturated heterocycles. The third kappa shape index (κ3) is 5.16. The van der Waals surface area contributed by atoms with Gasteiger partial charge in [-0.2, -0.15) is 0 Å². The number of hydrogen-bond acceptors (Lipinski definition) is 3. The van der Waals surface area contributed by atoms with Crippen LogP contribution in [0.25, 0.3) is 118 Å². The van der Waals surface area contributed by atoms with Crippen LogP contribution in [-0.2, 0) is 0 Å². The van der Waals surface area contributed by atoms with Crippen molar-refractivity contribution in [2.75, 3.05) is 0 Å². The number of rotatable bonds is 5. The second-order valence-corrected chi connectivity index (χ2v) is 17.7. The first kappa shape index (κ1) is 33.6. The molecule has 60 heavy (non-hydrogen) atoms. The Morgan fingerprint density at radius 3 is 1.33 bits per heavy atom. The largest absolute Gasteiger partial charge is 0.309 e. The summed E-state index contributed by atoms with van der Waals surface area (Å²) in [5.74, 6) is 0.934. The summed E-state index contributed by atoms with van der Waals surface area (Å²) in [7, 11) is 0. The zero-order valence-corrected chi connectivity index (χ0v) is 33.8. The molecule has 0 aliphatic heterocycles. The second-order valence-electron chi connectivity index (χ2n) is 15.6. The molecule has 0 aliphatic rings. The molecule has 0 saturated carbocycles. The summed E-state index contributed by atoms with van der Waals surface area (Å²) in [6, 6.07) is 73.3. The monoisotopic (exact) mass is 799 g/mol. The minimum atomic E-state index is 0.934. The minimum Gasteiger partial charge on any atom is -0.309 e. The van der Waals surface area contributed by atoms with Gasteiger partial charge in [-0.15, -0.1) is 22.7 Å². The maximum absolute atomic E-state index is 5.10. The van der Waals surface area contributed by atoms with Crippen molar-refractivity contribution in [2.45, 2.75) is 0 Å². The third-order valence-electron chi connectivity index (χ3n) is 12.1. The fourth-order valence-electron chi connectivity index (χ4n) is 9.29. The van der Waals surface area contributed by atoms with Crippen LogP contribution in [0.5, 0.6) is 0 Å². The summed E-state index contributed by atoms with van der Waals surface area (Å²) in [5, 5.41) is 7.74. The van der Waals surface area contributed by atoms with E-state index in [1.165, 1.54) is 84.4 Å². The number of para-hydroxylation sites is 2. The van der Waals surface area contributed by atoms with Crippen LogP contribution in [0, 0.1) is 0 Å². The first-order chi connectivity index (χ1) is 29.7. The van der Waals surface area contributed by atoms with Gasteiger partial charge in [0.1, 0.15) is 5.82 Å². The Morgan fingerprint density at radius 2 is 0.750 bits per heavy atom. The molecule has 3 nitrogen and oxygen atoms in total. The van der Waals surface area contributed by atoms with Crippen LogP contribution in [0.4, 0.5) is 0 Å². The number of imidazole rings is 1. The van der Waals surface area contributed by atoms with Gasteiger partial charge in [-0.05, 0) is 119 Å². The van der Waals surface area contributed by atoms with Crippen LogP contribution in [0.1, 0.15) is 0 Å². The van der Waals surface area contributed by atoms with E-state index in [0.717, 1.165) is 33.8 Å². The van der Waals surface area contributed by atoms with E-state index in [-0.39, 0.29) is 0 Å². The summed E-state index contributed by atoms with van der Waals surface area (Å²) < 4.78 is 10.00. The number of aromatic nitrogens is 3. The maximum Gasteiger partial charge on any atom is 0.145 e. The molecule has 0 fully saturated rings. The average Bonchev–Trinajstić information content (AvgIpc) is 4.07. The van der Waals surface area contributed by atoms with Gasteiger partial charge in [-0.25, -0.2) is 4.98 Å². The zero-order valence-electron chi connectivity index (χ0n) is 32.2. The Balaban J connectivity index is 0.996. The average molecular weight is 800 g/mol. The molecule has 0 bridgehead atoms. The molecule has 5 heteroatoms. The van der Waals surface area contributed by atoms with Crippen molar-refractivity contribution in [1.82, 2.24) is 14.1 Å². The Hall–Kier alpha value is -7.31. The van der Waals surface area contributed by atoms with Crippen molar-refractivity contribution in [3.63, 3.8) is 0 Å². The van der Waals surface area contributed by atoms with E-state index in [9.17, 15) is 0 Å². The van der Waals surface area contributed by atoms with Crippen LogP contribution < -0.4 is 0 Å². The lowest BCUT2D eigenvalue weighted by Gasteiger charge is -2.13. The quantitative estimate of drug-likeness (QED) is 0.170. The normalized spacial score (nSPS) is 12.0. The molecule has 0 radical (unpaired) electrons. The maximum atomic E-state index is 5.10. The van der Waals surface area contributed by atoms with Crippen LogP contribution in [0.2, 0.25) is 0 Å². The Morgan fingerprint density at radius 1 is 0.300 bits per heavy atom. The Bertz CT molecular complexity index is 3660. The van der Waals surface area contributed by atoms with Crippen LogP contribution >= 0.6 is 22.7 Å². The van der Waals surface area contributed by atoms with Crippen molar-refractivity contribution in [3.8, 4) is 45.0 Å². The van der Waals surface area contributed by atoms with E-state index < -0.39 is 0 Å². The van der Waals surface area contributed by atoms with E-state index >= 15 is 0 Å². The number of thiophene rings is 2. The molecule has 0 amide bonds. The summed E-state index contributed by atoms with van der Waals surface area (Å²) in [4.78, 5) is 5.10. The van der Waals surface area contributed by atoms with Gasteiger partial charge in [0.15, 0.2) is 0 Å². The minimum absolute atomic E-state index is 0.934. The van der Waals surface area contributed by atoms with Gasteiger partial charge in [0.25, 0.3) is 0 Å². The predicted octanol–water partition coefficient (Wildman–Crippen LogP) is 15.9. The highest BCUT2D eigenvalue weighted by molar-refractivity contribution is 7.26. The second kappa shape index (κ2) is 13.1. The van der Waals surface area contributed by atoms with Gasteiger partial charge in [0.05, 0.1) is 22.1 Å². The highest BCUT2D eigenvalue weighted by Gasteiger charge is 2.18. The van der Waals surface area contributed by atoms with Crippen molar-refractivity contribution in [3.05, 3.63) is 200 Å². The van der Waals surface area contributed by atoms with Gasteiger partial charge < -0.3 is 4.57 Å². The topological polar surface area (TPSA) is 22.8 Å². The number of nitrogens with zero attached hydrogens (tertiary/aromatic N) is 3. The van der Waals surface area contributed by atoms with Crippen molar-refractivity contribution in [1.29, 1.82) is 0 Å². The smallest absolute Gasteiger partial charge is 0.145 e. The molecule has 280 valence electrons. The molecule has 4 heterocycles. The van der Waals surface area contributed by atoms with Crippen molar-refractivity contribution >= 4 is 95.9 Å². The van der Waals surface area contributed by atoms with E-state index in [0.29, 0.717) is 0 Å². The SMILES string of the molecule is c1ccc(-c2nc3ccccc3n2-c2ccc(-n3c4ccc(-c5ccc6sc7ccccc7c6c5)cc4c4cc(-c5ccc6sc7ccccc7c6c5)ccc43)cc2)cc1. The van der Waals surface area contributed by atoms with Gasteiger partial charge in [0.2, 0.25) is 0 Å². The fraction of sp³-hybridized carbons (Fsp3) is 0. The predicted molar refractivity (Wildman–Crippen MR) is 257 cm³/mol. The number of fused-ring (bicyclic) bond motifs is 10. The lowest BCUT2D eigenvalue weighted by Crippen LogP contribution is -1.99. The fourth-order valence-corrected chi connectivity index (χ4v) is 11.5. The first-order valence-corrected chi connectivity index (χ1v) is 21.9. The molecule has 0 atom stereocenters. The molecule has 0 N–H and O–H groups in total. The number of benzene rings is 9. The summed E-state index contributed by atoms with van der Waals surface area (Å²) in [5.41, 5.74) is 12.6. The van der Waals surface area contributed by atoms with Crippen LogP contribution in [-0.4, -0.2) is 14.1 Å². The Kier molecular flexibility index (Phi) is 7.35. The highest BCUT2D eigenvalue weighted by atomic mass is 32.1. The van der Waals surface area contributed by atoms with Gasteiger partial charge in [-0.1, -0.05) is 103 Å². The van der Waals surface area contributed by atoms with E-state index in [4.69, 9.17) is 4.98 Å². The van der Waals surface area contributed by atoms with Crippen molar-refractivity contribution in [2.24, 2.45) is 0 Å². The molecular formula is C55H33N3S2. The molecule has 9 aromatic carbocycles. The molecule has 4 aromatic heterocycles. The summed E-state index contributed by atoms with van der Waals surface area (Å²) in [6.07, 6.45) is 0. The lowest BCUT2D eigenvalue weighted by molar-refractivity contribution is 1.09.